The van der Waals surface area contributed by atoms with Crippen molar-refractivity contribution < 1.29 is 9.18 Å². The average molecular weight is 353 g/mol. The van der Waals surface area contributed by atoms with Gasteiger partial charge < -0.3 is 10.6 Å². The van der Waals surface area contributed by atoms with Gasteiger partial charge in [0, 0.05) is 5.69 Å². The maximum absolute atomic E-state index is 13.0. The second-order valence-corrected chi connectivity index (χ2v) is 5.94. The van der Waals surface area contributed by atoms with Crippen molar-refractivity contribution in [2.45, 2.75) is 26.3 Å². The van der Waals surface area contributed by atoms with Crippen LogP contribution < -0.4 is 10.6 Å². The van der Waals surface area contributed by atoms with E-state index >= 15 is 0 Å². The van der Waals surface area contributed by atoms with E-state index in [1.165, 1.54) is 17.7 Å². The second kappa shape index (κ2) is 7.77. The van der Waals surface area contributed by atoms with Gasteiger partial charge in [-0.05, 0) is 48.7 Å². The van der Waals surface area contributed by atoms with Crippen LogP contribution in [0.15, 0.2) is 48.5 Å². The molecule has 1 aromatic heterocycles. The first-order valence-electron chi connectivity index (χ1n) is 8.40. The van der Waals surface area contributed by atoms with Crippen LogP contribution in [0.3, 0.4) is 0 Å². The number of carbonyl (C=O) groups is 1. The van der Waals surface area contributed by atoms with Gasteiger partial charge in [-0.25, -0.2) is 4.39 Å². The number of aryl methyl sites for hydroxylation is 1. The zero-order valence-electron chi connectivity index (χ0n) is 14.6. The fraction of sp³-hybridized carbons (Fsp3) is 0.211. The number of nitrogens with one attached hydrogen (secondary N) is 3. The molecule has 3 N–H and O–H groups in total. The molecule has 1 amide bonds. The van der Waals surface area contributed by atoms with Crippen LogP contribution in [0.25, 0.3) is 0 Å². The lowest BCUT2D eigenvalue weighted by Gasteiger charge is -2.14. The van der Waals surface area contributed by atoms with Gasteiger partial charge in [-0.3, -0.25) is 4.79 Å². The quantitative estimate of drug-likeness (QED) is 0.630. The predicted molar refractivity (Wildman–Crippen MR) is 97.8 cm³/mol. The Bertz CT molecular complexity index is 874. The summed E-state index contributed by atoms with van der Waals surface area (Å²) in [7, 11) is 0. The number of H-pyrrole nitrogens is 1. The number of rotatable bonds is 6. The number of hydrogen-bond acceptors (Lipinski definition) is 4. The summed E-state index contributed by atoms with van der Waals surface area (Å²) in [6, 6.07) is 13.6. The molecule has 6 nitrogen and oxygen atoms in total. The fourth-order valence-electron chi connectivity index (χ4n) is 2.54. The number of hydrogen-bond donors (Lipinski definition) is 3. The highest BCUT2D eigenvalue weighted by Gasteiger charge is 2.19. The van der Waals surface area contributed by atoms with E-state index in [-0.39, 0.29) is 23.5 Å². The number of nitrogens with zero attached hydrogens (tertiary/aromatic N) is 2. The molecule has 0 spiro atoms. The molecule has 3 rings (SSSR count). The normalized spacial score (nSPS) is 11.8. The Balaban J connectivity index is 1.70. The van der Waals surface area contributed by atoms with Gasteiger partial charge in [-0.1, -0.05) is 31.2 Å². The largest absolute Gasteiger partial charge is 0.344 e. The molecule has 1 heterocycles. The first-order chi connectivity index (χ1) is 12.6. The molecule has 7 heteroatoms. The molecule has 0 radical (unpaired) electrons. The van der Waals surface area contributed by atoms with Gasteiger partial charge in [-0.2, -0.15) is 5.21 Å². The lowest BCUT2D eigenvalue weighted by atomic mass is 10.1. The minimum atomic E-state index is -0.372. The van der Waals surface area contributed by atoms with Gasteiger partial charge in [0.1, 0.15) is 5.82 Å². The molecule has 0 aliphatic heterocycles. The Morgan fingerprint density at radius 3 is 2.46 bits per heavy atom. The zero-order valence-corrected chi connectivity index (χ0v) is 14.6. The summed E-state index contributed by atoms with van der Waals surface area (Å²) in [6.45, 7) is 3.91. The third-order valence-corrected chi connectivity index (χ3v) is 4.11. The highest BCUT2D eigenvalue weighted by molar-refractivity contribution is 5.97. The predicted octanol–water partition coefficient (Wildman–Crippen LogP) is 3.74. The van der Waals surface area contributed by atoms with Gasteiger partial charge in [-0.15, -0.1) is 10.2 Å². The Morgan fingerprint density at radius 1 is 1.12 bits per heavy atom. The van der Waals surface area contributed by atoms with E-state index < -0.39 is 0 Å². The highest BCUT2D eigenvalue weighted by Crippen LogP contribution is 2.19. The van der Waals surface area contributed by atoms with E-state index in [0.717, 1.165) is 17.7 Å². The fourth-order valence-corrected chi connectivity index (χ4v) is 2.54. The van der Waals surface area contributed by atoms with Gasteiger partial charge in [0.2, 0.25) is 0 Å². The molecule has 0 aliphatic carbocycles. The number of amides is 1. The Labute approximate surface area is 150 Å². The van der Waals surface area contributed by atoms with E-state index in [9.17, 15) is 9.18 Å². The van der Waals surface area contributed by atoms with Crippen molar-refractivity contribution in [3.63, 3.8) is 0 Å². The molecule has 0 saturated heterocycles. The lowest BCUT2D eigenvalue weighted by Crippen LogP contribution is -2.27. The lowest BCUT2D eigenvalue weighted by molar-refractivity contribution is 0.0935. The standard InChI is InChI=1S/C19H20FN5O/c1-3-13-4-10-16(11-5-13)22-18-17(23-25-24-18)19(26)21-12(2)14-6-8-15(20)9-7-14/h4-12H,3H2,1-2H3,(H,21,26)(H2,22,23,24,25)/t12-/m0/s1. The van der Waals surface area contributed by atoms with Crippen molar-refractivity contribution in [3.8, 4) is 0 Å². The molecular weight excluding hydrogens is 333 g/mol. The summed E-state index contributed by atoms with van der Waals surface area (Å²) in [6.07, 6.45) is 0.958. The van der Waals surface area contributed by atoms with Crippen LogP contribution in [0.5, 0.6) is 0 Å². The number of carbonyl (C=O) groups excluding carboxylic acids is 1. The van der Waals surface area contributed by atoms with Crippen LogP contribution >= 0.6 is 0 Å². The topological polar surface area (TPSA) is 82.7 Å². The molecule has 2 aromatic carbocycles. The van der Waals surface area contributed by atoms with Crippen molar-refractivity contribution in [2.24, 2.45) is 0 Å². The van der Waals surface area contributed by atoms with E-state index in [1.54, 1.807) is 12.1 Å². The van der Waals surface area contributed by atoms with Crippen LogP contribution in [0.2, 0.25) is 0 Å². The number of aromatic nitrogens is 3. The van der Waals surface area contributed by atoms with Gasteiger partial charge in [0.15, 0.2) is 11.5 Å². The van der Waals surface area contributed by atoms with E-state index in [1.807, 2.05) is 31.2 Å². The Kier molecular flexibility index (Phi) is 5.26. The van der Waals surface area contributed by atoms with Gasteiger partial charge in [0.05, 0.1) is 6.04 Å². The minimum absolute atomic E-state index is 0.165. The molecule has 26 heavy (non-hydrogen) atoms. The third kappa shape index (κ3) is 4.05. The summed E-state index contributed by atoms with van der Waals surface area (Å²) in [4.78, 5) is 12.5. The van der Waals surface area contributed by atoms with Crippen molar-refractivity contribution >= 4 is 17.4 Å². The molecule has 0 saturated carbocycles. The van der Waals surface area contributed by atoms with Crippen LogP contribution in [-0.4, -0.2) is 21.3 Å². The summed E-state index contributed by atoms with van der Waals surface area (Å²) in [5.41, 5.74) is 3.00. The first kappa shape index (κ1) is 17.6. The monoisotopic (exact) mass is 353 g/mol. The molecular formula is C19H20FN5O. The van der Waals surface area contributed by atoms with Crippen molar-refractivity contribution in [1.29, 1.82) is 0 Å². The van der Waals surface area contributed by atoms with Crippen LogP contribution in [0.4, 0.5) is 15.9 Å². The van der Waals surface area contributed by atoms with Crippen LogP contribution in [0, 0.1) is 5.82 Å². The Hall–Kier alpha value is -3.22. The van der Waals surface area contributed by atoms with Crippen molar-refractivity contribution in [2.75, 3.05) is 5.32 Å². The van der Waals surface area contributed by atoms with Crippen molar-refractivity contribution in [1.82, 2.24) is 20.7 Å². The third-order valence-electron chi connectivity index (χ3n) is 4.11. The summed E-state index contributed by atoms with van der Waals surface area (Å²) < 4.78 is 13.0. The van der Waals surface area contributed by atoms with Crippen molar-refractivity contribution in [3.05, 3.63) is 71.2 Å². The maximum Gasteiger partial charge on any atom is 0.276 e. The van der Waals surface area contributed by atoms with Crippen LogP contribution in [-0.2, 0) is 6.42 Å². The number of halogens is 1. The summed E-state index contributed by atoms with van der Waals surface area (Å²) in [5, 5.41) is 16.3. The highest BCUT2D eigenvalue weighted by atomic mass is 19.1. The first-order valence-corrected chi connectivity index (χ1v) is 8.40. The molecule has 1 atom stereocenters. The Morgan fingerprint density at radius 2 is 1.81 bits per heavy atom. The molecule has 0 fully saturated rings. The second-order valence-electron chi connectivity index (χ2n) is 5.94. The number of aromatic amines is 1. The van der Waals surface area contributed by atoms with E-state index in [4.69, 9.17) is 0 Å². The smallest absolute Gasteiger partial charge is 0.276 e. The summed E-state index contributed by atoms with van der Waals surface area (Å²) >= 11 is 0. The zero-order chi connectivity index (χ0) is 18.5. The molecule has 134 valence electrons. The van der Waals surface area contributed by atoms with Crippen LogP contribution in [0.1, 0.15) is 41.5 Å². The number of benzene rings is 2. The maximum atomic E-state index is 13.0. The van der Waals surface area contributed by atoms with E-state index in [0.29, 0.717) is 5.82 Å². The SMILES string of the molecule is CCc1ccc(Nc2n[nH]nc2C(=O)N[C@@H](C)c2ccc(F)cc2)cc1. The minimum Gasteiger partial charge on any atom is -0.344 e. The summed E-state index contributed by atoms with van der Waals surface area (Å²) in [5.74, 6) is -0.342. The molecule has 0 bridgehead atoms. The van der Waals surface area contributed by atoms with Gasteiger partial charge >= 0.3 is 0 Å². The average Bonchev–Trinajstić information content (AvgIpc) is 3.11. The molecule has 3 aromatic rings. The molecule has 0 unspecified atom stereocenters. The van der Waals surface area contributed by atoms with E-state index in [2.05, 4.69) is 33.0 Å². The van der Waals surface area contributed by atoms with Gasteiger partial charge in [0.25, 0.3) is 5.91 Å². The molecule has 0 aliphatic rings. The number of anilines is 2.